The van der Waals surface area contributed by atoms with Gasteiger partial charge < -0.3 is 19.7 Å². The van der Waals surface area contributed by atoms with Crippen LogP contribution in [-0.4, -0.2) is 45.3 Å². The molecule has 1 aliphatic rings. The molecule has 1 N–H and O–H groups in total. The van der Waals surface area contributed by atoms with Crippen molar-refractivity contribution in [3.05, 3.63) is 18.2 Å². The zero-order valence-electron chi connectivity index (χ0n) is 12.8. The van der Waals surface area contributed by atoms with Gasteiger partial charge in [-0.25, -0.2) is 0 Å². The van der Waals surface area contributed by atoms with E-state index < -0.39 is 0 Å². The van der Waals surface area contributed by atoms with E-state index in [1.54, 1.807) is 7.11 Å². The Hall–Kier alpha value is -1.42. The van der Waals surface area contributed by atoms with Crippen LogP contribution in [0.25, 0.3) is 0 Å². The topological polar surface area (TPSA) is 33.7 Å². The predicted molar refractivity (Wildman–Crippen MR) is 82.9 cm³/mol. The minimum absolute atomic E-state index is 0.646. The largest absolute Gasteiger partial charge is 0.493 e. The summed E-state index contributed by atoms with van der Waals surface area (Å²) in [7, 11) is 3.87. The van der Waals surface area contributed by atoms with Gasteiger partial charge in [-0.05, 0) is 51.4 Å². The molecule has 0 radical (unpaired) electrons. The third kappa shape index (κ3) is 4.04. The van der Waals surface area contributed by atoms with E-state index in [0.717, 1.165) is 29.6 Å². The lowest BCUT2D eigenvalue weighted by molar-refractivity contribution is 0.217. The van der Waals surface area contributed by atoms with Crippen molar-refractivity contribution < 1.29 is 9.47 Å². The van der Waals surface area contributed by atoms with E-state index in [-0.39, 0.29) is 0 Å². The zero-order valence-corrected chi connectivity index (χ0v) is 12.8. The summed E-state index contributed by atoms with van der Waals surface area (Å²) >= 11 is 0. The highest BCUT2D eigenvalue weighted by Gasteiger charge is 2.16. The van der Waals surface area contributed by atoms with Crippen LogP contribution in [0.1, 0.15) is 19.8 Å². The number of anilines is 1. The standard InChI is InChI=1S/C16H26N2O2/c1-4-20-16-10-14(7-8-15(16)19-3)17-11-13-6-5-9-18(2)12-13/h7-8,10,13,17H,4-6,9,11-12H2,1-3H3. The second-order valence-corrected chi connectivity index (χ2v) is 5.45. The first-order valence-electron chi connectivity index (χ1n) is 7.46. The van der Waals surface area contributed by atoms with Crippen LogP contribution in [-0.2, 0) is 0 Å². The van der Waals surface area contributed by atoms with Crippen molar-refractivity contribution in [3.63, 3.8) is 0 Å². The highest BCUT2D eigenvalue weighted by molar-refractivity contribution is 5.54. The molecule has 4 heteroatoms. The lowest BCUT2D eigenvalue weighted by atomic mass is 9.98. The highest BCUT2D eigenvalue weighted by atomic mass is 16.5. The molecular weight excluding hydrogens is 252 g/mol. The Labute approximate surface area is 122 Å². The molecule has 4 nitrogen and oxygen atoms in total. The quantitative estimate of drug-likeness (QED) is 0.867. The van der Waals surface area contributed by atoms with Gasteiger partial charge in [-0.2, -0.15) is 0 Å². The Kier molecular flexibility index (Phi) is 5.53. The fraction of sp³-hybridized carbons (Fsp3) is 0.625. The van der Waals surface area contributed by atoms with Gasteiger partial charge in [0.15, 0.2) is 11.5 Å². The van der Waals surface area contributed by atoms with Crippen LogP contribution in [0.15, 0.2) is 18.2 Å². The van der Waals surface area contributed by atoms with Crippen LogP contribution in [0.2, 0.25) is 0 Å². The molecule has 0 spiro atoms. The zero-order chi connectivity index (χ0) is 14.4. The van der Waals surface area contributed by atoms with Crippen LogP contribution in [0.4, 0.5) is 5.69 Å². The molecule has 1 heterocycles. The van der Waals surface area contributed by atoms with Crippen molar-refractivity contribution >= 4 is 5.69 Å². The first-order chi connectivity index (χ1) is 9.72. The summed E-state index contributed by atoms with van der Waals surface area (Å²) in [6, 6.07) is 6.03. The summed E-state index contributed by atoms with van der Waals surface area (Å²) in [6.07, 6.45) is 2.61. The van der Waals surface area contributed by atoms with Crippen molar-refractivity contribution in [2.45, 2.75) is 19.8 Å². The molecule has 2 rings (SSSR count). The number of likely N-dealkylation sites (tertiary alicyclic amines) is 1. The van der Waals surface area contributed by atoms with E-state index in [9.17, 15) is 0 Å². The average molecular weight is 278 g/mol. The average Bonchev–Trinajstić information content (AvgIpc) is 2.46. The van der Waals surface area contributed by atoms with Gasteiger partial charge in [-0.3, -0.25) is 0 Å². The molecule has 1 saturated heterocycles. The van der Waals surface area contributed by atoms with Gasteiger partial charge in [0.25, 0.3) is 0 Å². The van der Waals surface area contributed by atoms with Crippen LogP contribution in [0.5, 0.6) is 11.5 Å². The number of rotatable bonds is 6. The van der Waals surface area contributed by atoms with Gasteiger partial charge in [0.2, 0.25) is 0 Å². The maximum absolute atomic E-state index is 5.60. The van der Waals surface area contributed by atoms with E-state index in [4.69, 9.17) is 9.47 Å². The minimum Gasteiger partial charge on any atom is -0.493 e. The Morgan fingerprint density at radius 3 is 2.90 bits per heavy atom. The summed E-state index contributed by atoms with van der Waals surface area (Å²) in [5.41, 5.74) is 1.10. The minimum atomic E-state index is 0.646. The molecule has 1 aromatic rings. The highest BCUT2D eigenvalue weighted by Crippen LogP contribution is 2.30. The van der Waals surface area contributed by atoms with Crippen LogP contribution >= 0.6 is 0 Å². The molecular formula is C16H26N2O2. The number of hydrogen-bond donors (Lipinski definition) is 1. The smallest absolute Gasteiger partial charge is 0.163 e. The third-order valence-corrected chi connectivity index (χ3v) is 3.78. The predicted octanol–water partition coefficient (Wildman–Crippen LogP) is 2.85. The van der Waals surface area contributed by atoms with Crippen molar-refractivity contribution in [1.82, 2.24) is 4.90 Å². The summed E-state index contributed by atoms with van der Waals surface area (Å²) in [4.78, 5) is 2.41. The normalized spacial score (nSPS) is 19.6. The first kappa shape index (κ1) is 15.0. The van der Waals surface area contributed by atoms with E-state index in [1.165, 1.54) is 25.9 Å². The third-order valence-electron chi connectivity index (χ3n) is 3.78. The molecule has 0 aliphatic carbocycles. The summed E-state index contributed by atoms with van der Waals surface area (Å²) in [5.74, 6) is 2.32. The van der Waals surface area contributed by atoms with E-state index in [1.807, 2.05) is 25.1 Å². The molecule has 0 amide bonds. The van der Waals surface area contributed by atoms with Crippen molar-refractivity contribution in [2.24, 2.45) is 5.92 Å². The summed E-state index contributed by atoms with van der Waals surface area (Å²) in [5, 5.41) is 3.52. The molecule has 1 aliphatic heterocycles. The summed E-state index contributed by atoms with van der Waals surface area (Å²) < 4.78 is 10.9. The summed E-state index contributed by atoms with van der Waals surface area (Å²) in [6.45, 7) is 6.06. The number of hydrogen-bond acceptors (Lipinski definition) is 4. The lowest BCUT2D eigenvalue weighted by Gasteiger charge is -2.30. The fourth-order valence-corrected chi connectivity index (χ4v) is 2.76. The van der Waals surface area contributed by atoms with Gasteiger partial charge in [-0.15, -0.1) is 0 Å². The molecule has 1 fully saturated rings. The van der Waals surface area contributed by atoms with Crippen molar-refractivity contribution in [1.29, 1.82) is 0 Å². The number of nitrogens with zero attached hydrogens (tertiary/aromatic N) is 1. The van der Waals surface area contributed by atoms with Gasteiger partial charge in [0, 0.05) is 24.8 Å². The molecule has 0 saturated carbocycles. The number of benzene rings is 1. The second kappa shape index (κ2) is 7.39. The van der Waals surface area contributed by atoms with Crippen LogP contribution in [0, 0.1) is 5.92 Å². The molecule has 0 bridgehead atoms. The lowest BCUT2D eigenvalue weighted by Crippen LogP contribution is -2.35. The first-order valence-corrected chi connectivity index (χ1v) is 7.46. The van der Waals surface area contributed by atoms with Crippen molar-refractivity contribution in [2.75, 3.05) is 45.7 Å². The molecule has 1 aromatic carbocycles. The maximum atomic E-state index is 5.60. The van der Waals surface area contributed by atoms with Crippen molar-refractivity contribution in [3.8, 4) is 11.5 Å². The van der Waals surface area contributed by atoms with Crippen LogP contribution in [0.3, 0.4) is 0 Å². The van der Waals surface area contributed by atoms with E-state index in [0.29, 0.717) is 6.61 Å². The second-order valence-electron chi connectivity index (χ2n) is 5.45. The van der Waals surface area contributed by atoms with Crippen LogP contribution < -0.4 is 14.8 Å². The van der Waals surface area contributed by atoms with Gasteiger partial charge in [0.05, 0.1) is 13.7 Å². The van der Waals surface area contributed by atoms with E-state index in [2.05, 4.69) is 17.3 Å². The Morgan fingerprint density at radius 1 is 1.35 bits per heavy atom. The molecule has 20 heavy (non-hydrogen) atoms. The Balaban J connectivity index is 1.93. The van der Waals surface area contributed by atoms with Gasteiger partial charge in [0.1, 0.15) is 0 Å². The maximum Gasteiger partial charge on any atom is 0.163 e. The van der Waals surface area contributed by atoms with E-state index >= 15 is 0 Å². The molecule has 112 valence electrons. The fourth-order valence-electron chi connectivity index (χ4n) is 2.76. The Bertz CT molecular complexity index is 423. The SMILES string of the molecule is CCOc1cc(NCC2CCCN(C)C2)ccc1OC. The molecule has 1 unspecified atom stereocenters. The number of nitrogens with one attached hydrogen (secondary N) is 1. The van der Waals surface area contributed by atoms with Gasteiger partial charge >= 0.3 is 0 Å². The molecule has 0 aromatic heterocycles. The Morgan fingerprint density at radius 2 is 2.20 bits per heavy atom. The number of methoxy groups -OCH3 is 1. The number of piperidine rings is 1. The molecule has 1 atom stereocenters. The monoisotopic (exact) mass is 278 g/mol. The number of ether oxygens (including phenoxy) is 2. The van der Waals surface area contributed by atoms with Gasteiger partial charge in [-0.1, -0.05) is 0 Å².